The van der Waals surface area contributed by atoms with Crippen LogP contribution in [0, 0.1) is 6.92 Å². The molecule has 1 heterocycles. The molecule has 12 heteroatoms. The van der Waals surface area contributed by atoms with Crippen LogP contribution in [-0.4, -0.2) is 46.6 Å². The number of carbonyl (C=O) groups is 3. The molecule has 0 saturated heterocycles. The van der Waals surface area contributed by atoms with Gasteiger partial charge in [-0.2, -0.15) is 0 Å². The molecule has 5 rings (SSSR count). The van der Waals surface area contributed by atoms with Crippen molar-refractivity contribution in [2.75, 3.05) is 24.9 Å². The van der Waals surface area contributed by atoms with Crippen LogP contribution in [0.2, 0.25) is 0 Å². The van der Waals surface area contributed by atoms with Gasteiger partial charge in [-0.25, -0.2) is 4.68 Å². The van der Waals surface area contributed by atoms with Crippen LogP contribution in [0.5, 0.6) is 11.5 Å². The highest BCUT2D eigenvalue weighted by molar-refractivity contribution is 8.00. The predicted molar refractivity (Wildman–Crippen MR) is 201 cm³/mol. The van der Waals surface area contributed by atoms with Crippen molar-refractivity contribution in [3.63, 3.8) is 0 Å². The van der Waals surface area contributed by atoms with Crippen LogP contribution in [0.4, 0.5) is 11.4 Å². The molecule has 0 saturated carbocycles. The second kappa shape index (κ2) is 16.6. The zero-order valence-corrected chi connectivity index (χ0v) is 29.7. The van der Waals surface area contributed by atoms with Crippen LogP contribution >= 0.6 is 11.8 Å². The number of hydrogen-bond donors (Lipinski definition) is 3. The summed E-state index contributed by atoms with van der Waals surface area (Å²) >= 11 is 1.31. The first-order valence-corrected chi connectivity index (χ1v) is 17.0. The molecule has 262 valence electrons. The minimum absolute atomic E-state index is 0.0180. The number of benzene rings is 4. The maximum Gasteiger partial charge on any atom is 0.295 e. The molecule has 0 bridgehead atoms. The Balaban J connectivity index is 1.35. The molecule has 0 aliphatic rings. The van der Waals surface area contributed by atoms with Gasteiger partial charge in [0.05, 0.1) is 30.9 Å². The molecule has 0 fully saturated rings. The number of carbonyl (C=O) groups excluding carboxylic acids is 3. The summed E-state index contributed by atoms with van der Waals surface area (Å²) in [4.78, 5) is 54.5. The van der Waals surface area contributed by atoms with Crippen molar-refractivity contribution in [3.8, 4) is 17.2 Å². The Bertz CT molecular complexity index is 2130. The Morgan fingerprint density at radius 3 is 2.24 bits per heavy atom. The van der Waals surface area contributed by atoms with E-state index in [4.69, 9.17) is 9.47 Å². The number of rotatable bonds is 13. The number of ether oxygens (including phenoxy) is 2. The van der Waals surface area contributed by atoms with Crippen LogP contribution < -0.4 is 31.0 Å². The molecule has 0 radical (unpaired) electrons. The summed E-state index contributed by atoms with van der Waals surface area (Å²) in [6, 6.07) is 30.0. The first-order valence-electron chi connectivity index (χ1n) is 16.2. The number of nitrogens with one attached hydrogen (secondary N) is 3. The minimum atomic E-state index is -0.571. The Hall–Kier alpha value is -6.01. The fourth-order valence-electron chi connectivity index (χ4n) is 5.28. The van der Waals surface area contributed by atoms with Crippen LogP contribution in [-0.2, 0) is 16.6 Å². The van der Waals surface area contributed by atoms with E-state index in [9.17, 15) is 19.2 Å². The van der Waals surface area contributed by atoms with Gasteiger partial charge >= 0.3 is 0 Å². The number of nitrogens with zero attached hydrogens (tertiary/aromatic N) is 2. The topological polar surface area (TPSA) is 133 Å². The van der Waals surface area contributed by atoms with E-state index in [1.54, 1.807) is 85.4 Å². The van der Waals surface area contributed by atoms with Gasteiger partial charge in [0.15, 0.2) is 0 Å². The number of amides is 3. The predicted octanol–water partition coefficient (Wildman–Crippen LogP) is 6.42. The smallest absolute Gasteiger partial charge is 0.295 e. The van der Waals surface area contributed by atoms with E-state index in [2.05, 4.69) is 16.0 Å². The van der Waals surface area contributed by atoms with Gasteiger partial charge in [-0.3, -0.25) is 23.9 Å². The van der Waals surface area contributed by atoms with Crippen molar-refractivity contribution in [1.82, 2.24) is 14.7 Å². The summed E-state index contributed by atoms with van der Waals surface area (Å²) in [5.41, 5.74) is 2.56. The molecule has 11 nitrogen and oxygen atoms in total. The second-order valence-corrected chi connectivity index (χ2v) is 12.7. The molecular weight excluding hydrogens is 667 g/mol. The van der Waals surface area contributed by atoms with Crippen molar-refractivity contribution in [2.45, 2.75) is 30.4 Å². The Morgan fingerprint density at radius 2 is 1.57 bits per heavy atom. The van der Waals surface area contributed by atoms with Crippen molar-refractivity contribution in [1.29, 1.82) is 0 Å². The lowest BCUT2D eigenvalue weighted by Crippen LogP contribution is -2.30. The van der Waals surface area contributed by atoms with Crippen LogP contribution in [0.15, 0.2) is 119 Å². The summed E-state index contributed by atoms with van der Waals surface area (Å²) in [5, 5.41) is 7.93. The summed E-state index contributed by atoms with van der Waals surface area (Å²) in [6.45, 7) is 3.68. The molecule has 3 amide bonds. The highest BCUT2D eigenvalue weighted by atomic mass is 32.2. The Labute approximate surface area is 300 Å². The molecule has 1 unspecified atom stereocenters. The fourth-order valence-corrected chi connectivity index (χ4v) is 6.30. The molecule has 0 aliphatic carbocycles. The fraction of sp³-hybridized carbons (Fsp3) is 0.179. The zero-order valence-electron chi connectivity index (χ0n) is 28.9. The number of para-hydroxylation sites is 1. The highest BCUT2D eigenvalue weighted by Crippen LogP contribution is 2.30. The standard InChI is InChI=1S/C39H39N5O6S/c1-6-34(38(47)42-35-25(2)43(3)44(39(35)48)29-17-11-8-12-18-29)51-31-19-13-16-28(23-31)40-37(46)32(41-36(45)26-14-9-7-10-15-26)22-27-20-21-30(49-4)24-33(27)50-5/h7-24,34H,6H2,1-5H3,(H,40,46)(H,41,45)(H,42,47)/b32-22+. The summed E-state index contributed by atoms with van der Waals surface area (Å²) in [6.07, 6.45) is 2.01. The zero-order chi connectivity index (χ0) is 36.5. The molecular formula is C39H39N5O6S. The summed E-state index contributed by atoms with van der Waals surface area (Å²) in [7, 11) is 4.81. The van der Waals surface area contributed by atoms with E-state index in [1.807, 2.05) is 43.3 Å². The number of methoxy groups -OCH3 is 2. The van der Waals surface area contributed by atoms with Gasteiger partial charge in [-0.1, -0.05) is 49.4 Å². The lowest BCUT2D eigenvalue weighted by Gasteiger charge is -2.16. The van der Waals surface area contributed by atoms with E-state index in [0.29, 0.717) is 46.1 Å². The Morgan fingerprint density at radius 1 is 0.863 bits per heavy atom. The maximum atomic E-state index is 13.7. The molecule has 3 N–H and O–H groups in total. The van der Waals surface area contributed by atoms with Crippen molar-refractivity contribution >= 4 is 46.9 Å². The second-order valence-electron chi connectivity index (χ2n) is 11.4. The number of thioether (sulfide) groups is 1. The Kier molecular flexibility index (Phi) is 11.8. The van der Waals surface area contributed by atoms with Gasteiger partial charge in [0.2, 0.25) is 5.91 Å². The summed E-state index contributed by atoms with van der Waals surface area (Å²) in [5.74, 6) is -0.334. The molecule has 1 aromatic heterocycles. The van der Waals surface area contributed by atoms with Gasteiger partial charge in [-0.05, 0) is 74.0 Å². The van der Waals surface area contributed by atoms with Crippen LogP contribution in [0.3, 0.4) is 0 Å². The van der Waals surface area contributed by atoms with Crippen molar-refractivity contribution in [3.05, 3.63) is 136 Å². The minimum Gasteiger partial charge on any atom is -0.497 e. The lowest BCUT2D eigenvalue weighted by molar-refractivity contribution is -0.116. The monoisotopic (exact) mass is 705 g/mol. The quantitative estimate of drug-likeness (QED) is 0.0952. The van der Waals surface area contributed by atoms with Gasteiger partial charge in [0.25, 0.3) is 17.4 Å². The average molecular weight is 706 g/mol. The molecule has 0 aliphatic heterocycles. The van der Waals surface area contributed by atoms with Gasteiger partial charge in [0.1, 0.15) is 22.9 Å². The third-order valence-corrected chi connectivity index (χ3v) is 9.46. The lowest BCUT2D eigenvalue weighted by atomic mass is 10.1. The maximum absolute atomic E-state index is 13.7. The van der Waals surface area contributed by atoms with Crippen molar-refractivity contribution in [2.24, 2.45) is 7.05 Å². The van der Waals surface area contributed by atoms with Crippen molar-refractivity contribution < 1.29 is 23.9 Å². The van der Waals surface area contributed by atoms with E-state index < -0.39 is 17.1 Å². The largest absolute Gasteiger partial charge is 0.497 e. The molecule has 51 heavy (non-hydrogen) atoms. The number of aromatic nitrogens is 2. The van der Waals surface area contributed by atoms with E-state index in [1.165, 1.54) is 36.7 Å². The molecule has 1 atom stereocenters. The van der Waals surface area contributed by atoms with E-state index in [-0.39, 0.29) is 22.9 Å². The third-order valence-electron chi connectivity index (χ3n) is 8.11. The first-order chi connectivity index (χ1) is 24.6. The van der Waals surface area contributed by atoms with Gasteiger partial charge < -0.3 is 25.4 Å². The highest BCUT2D eigenvalue weighted by Gasteiger charge is 2.24. The van der Waals surface area contributed by atoms with Crippen LogP contribution in [0.1, 0.15) is 35.0 Å². The third kappa shape index (κ3) is 8.60. The average Bonchev–Trinajstić information content (AvgIpc) is 3.36. The molecule has 0 spiro atoms. The number of hydrogen-bond acceptors (Lipinski definition) is 7. The van der Waals surface area contributed by atoms with Gasteiger partial charge in [0, 0.05) is 34.8 Å². The van der Waals surface area contributed by atoms with E-state index in [0.717, 1.165) is 4.90 Å². The number of anilines is 2. The van der Waals surface area contributed by atoms with Gasteiger partial charge in [-0.15, -0.1) is 11.8 Å². The summed E-state index contributed by atoms with van der Waals surface area (Å²) < 4.78 is 14.0. The van der Waals surface area contributed by atoms with E-state index >= 15 is 0 Å². The molecule has 4 aromatic carbocycles. The first kappa shape index (κ1) is 36.3. The SMILES string of the molecule is CCC(Sc1cccc(NC(=O)/C(=C\c2ccc(OC)cc2OC)NC(=O)c2ccccc2)c1)C(=O)Nc1c(C)n(C)n(-c2ccccc2)c1=O. The normalized spacial score (nSPS) is 11.7. The molecule has 5 aromatic rings. The van der Waals surface area contributed by atoms with Crippen LogP contribution in [0.25, 0.3) is 11.8 Å².